The number of urea groups is 1. The second-order valence-electron chi connectivity index (χ2n) is 6.20. The van der Waals surface area contributed by atoms with Crippen LogP contribution in [0.1, 0.15) is 22.3 Å². The summed E-state index contributed by atoms with van der Waals surface area (Å²) in [5.41, 5.74) is 0.801. The third kappa shape index (κ3) is 7.77. The van der Waals surface area contributed by atoms with Crippen molar-refractivity contribution in [1.29, 1.82) is 0 Å². The Morgan fingerprint density at radius 1 is 1.03 bits per heavy atom. The summed E-state index contributed by atoms with van der Waals surface area (Å²) in [6, 6.07) is 10.9. The van der Waals surface area contributed by atoms with Crippen LogP contribution in [0, 0.1) is 11.8 Å². The topological polar surface area (TPSA) is 87.3 Å². The Balaban J connectivity index is 1.79. The Kier molecular flexibility index (Phi) is 7.86. The summed E-state index contributed by atoms with van der Waals surface area (Å²) in [4.78, 5) is 11.8. The van der Waals surface area contributed by atoms with Crippen LogP contribution in [0.2, 0.25) is 0 Å². The number of carbonyl (C=O) groups excluding carboxylic acids is 1. The standard InChI is InChI=1S/C20H20F3N3O3S/c1-24-30(28,29)14-17-9-7-16(8-10-17)13-26-19(27)25-11-3-5-15-4-2-6-18(12-15)20(21,22)23/h2,4,6-10,12,24H,11,13-14H2,1H3,(H2,25,26,27). The van der Waals surface area contributed by atoms with Gasteiger partial charge in [0.25, 0.3) is 0 Å². The van der Waals surface area contributed by atoms with Crippen molar-refractivity contribution in [2.24, 2.45) is 0 Å². The van der Waals surface area contributed by atoms with Crippen LogP contribution in [-0.4, -0.2) is 28.0 Å². The maximum absolute atomic E-state index is 12.7. The first-order chi connectivity index (χ1) is 14.1. The molecule has 0 atom stereocenters. The molecule has 0 unspecified atom stereocenters. The Hall–Kier alpha value is -3.03. The predicted molar refractivity (Wildman–Crippen MR) is 107 cm³/mol. The molecular weight excluding hydrogens is 419 g/mol. The molecule has 2 aromatic carbocycles. The van der Waals surface area contributed by atoms with Crippen molar-refractivity contribution in [3.8, 4) is 11.8 Å². The molecule has 0 fully saturated rings. The number of alkyl halides is 3. The number of nitrogens with one attached hydrogen (secondary N) is 3. The molecule has 2 rings (SSSR count). The quantitative estimate of drug-likeness (QED) is 0.605. The minimum Gasteiger partial charge on any atom is -0.334 e. The average Bonchev–Trinajstić information content (AvgIpc) is 2.70. The molecule has 2 aromatic rings. The van der Waals surface area contributed by atoms with E-state index in [4.69, 9.17) is 0 Å². The number of benzene rings is 2. The van der Waals surface area contributed by atoms with E-state index in [-0.39, 0.29) is 24.4 Å². The lowest BCUT2D eigenvalue weighted by molar-refractivity contribution is -0.137. The van der Waals surface area contributed by atoms with Crippen LogP contribution in [0.15, 0.2) is 48.5 Å². The Bertz CT molecular complexity index is 1040. The monoisotopic (exact) mass is 439 g/mol. The fourth-order valence-electron chi connectivity index (χ4n) is 2.33. The summed E-state index contributed by atoms with van der Waals surface area (Å²) in [5, 5.41) is 5.09. The maximum Gasteiger partial charge on any atom is 0.416 e. The molecule has 2 amide bonds. The number of rotatable bonds is 6. The zero-order chi connectivity index (χ0) is 22.2. The van der Waals surface area contributed by atoms with Gasteiger partial charge in [-0.25, -0.2) is 17.9 Å². The second-order valence-corrected chi connectivity index (χ2v) is 8.12. The molecule has 10 heteroatoms. The predicted octanol–water partition coefficient (Wildman–Crippen LogP) is 2.61. The molecule has 0 saturated heterocycles. The molecule has 3 N–H and O–H groups in total. The maximum atomic E-state index is 12.7. The van der Waals surface area contributed by atoms with Crippen molar-refractivity contribution < 1.29 is 26.4 Å². The van der Waals surface area contributed by atoms with Gasteiger partial charge >= 0.3 is 12.2 Å². The molecule has 30 heavy (non-hydrogen) atoms. The lowest BCUT2D eigenvalue weighted by atomic mass is 10.1. The molecule has 0 aliphatic carbocycles. The van der Waals surface area contributed by atoms with Gasteiger partial charge in [-0.2, -0.15) is 13.2 Å². The first kappa shape index (κ1) is 23.3. The van der Waals surface area contributed by atoms with Crippen LogP contribution in [0.25, 0.3) is 0 Å². The molecule has 160 valence electrons. The zero-order valence-corrected chi connectivity index (χ0v) is 16.8. The van der Waals surface area contributed by atoms with Gasteiger partial charge in [0.2, 0.25) is 10.0 Å². The number of halogens is 3. The van der Waals surface area contributed by atoms with Crippen LogP contribution >= 0.6 is 0 Å². The summed E-state index contributed by atoms with van der Waals surface area (Å²) >= 11 is 0. The van der Waals surface area contributed by atoms with Gasteiger partial charge in [0.1, 0.15) is 0 Å². The van der Waals surface area contributed by atoms with E-state index in [9.17, 15) is 26.4 Å². The van der Waals surface area contributed by atoms with E-state index >= 15 is 0 Å². The summed E-state index contributed by atoms with van der Waals surface area (Å²) < 4.78 is 63.2. The molecular formula is C20H20F3N3O3S. The van der Waals surface area contributed by atoms with Crippen molar-refractivity contribution >= 4 is 16.1 Å². The van der Waals surface area contributed by atoms with Crippen LogP contribution < -0.4 is 15.4 Å². The smallest absolute Gasteiger partial charge is 0.334 e. The largest absolute Gasteiger partial charge is 0.416 e. The fraction of sp³-hybridized carbons (Fsp3) is 0.250. The van der Waals surface area contributed by atoms with Crippen LogP contribution in [0.5, 0.6) is 0 Å². The van der Waals surface area contributed by atoms with E-state index in [0.717, 1.165) is 17.7 Å². The number of hydrogen-bond donors (Lipinski definition) is 3. The summed E-state index contributed by atoms with van der Waals surface area (Å²) in [5.74, 6) is 5.02. The molecule has 0 aliphatic heterocycles. The summed E-state index contributed by atoms with van der Waals surface area (Å²) in [6.45, 7) is 0.175. The van der Waals surface area contributed by atoms with Crippen LogP contribution in [0.3, 0.4) is 0 Å². The molecule has 0 aliphatic rings. The van der Waals surface area contributed by atoms with Gasteiger partial charge in [0, 0.05) is 12.1 Å². The lowest BCUT2D eigenvalue weighted by Gasteiger charge is -2.07. The fourth-order valence-corrected chi connectivity index (χ4v) is 3.11. The van der Waals surface area contributed by atoms with Crippen molar-refractivity contribution in [3.05, 3.63) is 70.8 Å². The third-order valence-corrected chi connectivity index (χ3v) is 5.24. The third-order valence-electron chi connectivity index (χ3n) is 3.90. The lowest BCUT2D eigenvalue weighted by Crippen LogP contribution is -2.35. The molecule has 0 radical (unpaired) electrons. The minimum atomic E-state index is -4.44. The van der Waals surface area contributed by atoms with E-state index in [0.29, 0.717) is 5.56 Å². The van der Waals surface area contributed by atoms with Gasteiger partial charge < -0.3 is 10.6 Å². The van der Waals surface area contributed by atoms with Gasteiger partial charge in [-0.1, -0.05) is 42.2 Å². The zero-order valence-electron chi connectivity index (χ0n) is 16.0. The Labute approximate surface area is 172 Å². The van der Waals surface area contributed by atoms with Gasteiger partial charge in [0.15, 0.2) is 0 Å². The van der Waals surface area contributed by atoms with Gasteiger partial charge in [0.05, 0.1) is 17.9 Å². The number of hydrogen-bond acceptors (Lipinski definition) is 3. The first-order valence-corrected chi connectivity index (χ1v) is 10.4. The van der Waals surface area contributed by atoms with E-state index in [1.165, 1.54) is 19.2 Å². The summed E-state index contributed by atoms with van der Waals surface area (Å²) in [6.07, 6.45) is -4.44. The first-order valence-electron chi connectivity index (χ1n) is 8.76. The highest BCUT2D eigenvalue weighted by atomic mass is 32.2. The van der Waals surface area contributed by atoms with Crippen LogP contribution in [0.4, 0.5) is 18.0 Å². The minimum absolute atomic E-state index is 0.0388. The molecule has 0 bridgehead atoms. The highest BCUT2D eigenvalue weighted by Gasteiger charge is 2.30. The van der Waals surface area contributed by atoms with Gasteiger partial charge in [-0.15, -0.1) is 0 Å². The Morgan fingerprint density at radius 2 is 1.70 bits per heavy atom. The number of sulfonamides is 1. The van der Waals surface area contributed by atoms with Crippen molar-refractivity contribution in [2.75, 3.05) is 13.6 Å². The number of amides is 2. The van der Waals surface area contributed by atoms with E-state index < -0.39 is 27.8 Å². The van der Waals surface area contributed by atoms with E-state index in [1.54, 1.807) is 24.3 Å². The normalized spacial score (nSPS) is 11.3. The molecule has 0 heterocycles. The summed E-state index contributed by atoms with van der Waals surface area (Å²) in [7, 11) is -2.01. The highest BCUT2D eigenvalue weighted by Crippen LogP contribution is 2.29. The highest BCUT2D eigenvalue weighted by molar-refractivity contribution is 7.88. The van der Waals surface area contributed by atoms with Gasteiger partial charge in [-0.3, -0.25) is 0 Å². The average molecular weight is 439 g/mol. The molecule has 0 aromatic heterocycles. The van der Waals surface area contributed by atoms with Crippen molar-refractivity contribution in [3.63, 3.8) is 0 Å². The molecule has 6 nitrogen and oxygen atoms in total. The second kappa shape index (κ2) is 10.1. The molecule has 0 saturated carbocycles. The Morgan fingerprint density at radius 3 is 2.33 bits per heavy atom. The van der Waals surface area contributed by atoms with Crippen molar-refractivity contribution in [2.45, 2.75) is 18.5 Å². The van der Waals surface area contributed by atoms with E-state index in [2.05, 4.69) is 27.2 Å². The van der Waals surface area contributed by atoms with E-state index in [1.807, 2.05) is 0 Å². The van der Waals surface area contributed by atoms with Gasteiger partial charge in [-0.05, 0) is 36.4 Å². The van der Waals surface area contributed by atoms with Crippen molar-refractivity contribution in [1.82, 2.24) is 15.4 Å². The number of carbonyl (C=O) groups is 1. The SMILES string of the molecule is CNS(=O)(=O)Cc1ccc(CNC(=O)NCC#Cc2cccc(C(F)(F)F)c2)cc1. The molecule has 0 spiro atoms. The van der Waals surface area contributed by atoms with Crippen LogP contribution in [-0.2, 0) is 28.5 Å².